The van der Waals surface area contributed by atoms with Gasteiger partial charge in [-0.1, -0.05) is 47.6 Å². The predicted octanol–water partition coefficient (Wildman–Crippen LogP) is 5.87. The van der Waals surface area contributed by atoms with E-state index in [0.29, 0.717) is 5.92 Å². The minimum atomic E-state index is 0.144. The van der Waals surface area contributed by atoms with Gasteiger partial charge in [0.25, 0.3) is 0 Å². The van der Waals surface area contributed by atoms with Gasteiger partial charge in [-0.15, -0.1) is 11.3 Å². The van der Waals surface area contributed by atoms with Crippen molar-refractivity contribution in [2.45, 2.75) is 71.1 Å². The third-order valence-electron chi connectivity index (χ3n) is 5.18. The third-order valence-corrected chi connectivity index (χ3v) is 6.39. The SMILES string of the molecule is CC(C)(C)c1cc(-c2ncc(C3CCNCC3)s2)cc(C(C)(C)C)c1. The Balaban J connectivity index is 2.00. The van der Waals surface area contributed by atoms with E-state index in [-0.39, 0.29) is 10.8 Å². The normalized spacial score (nSPS) is 17.0. The van der Waals surface area contributed by atoms with Crippen LogP contribution in [0.4, 0.5) is 0 Å². The van der Waals surface area contributed by atoms with Gasteiger partial charge in [-0.25, -0.2) is 4.98 Å². The summed E-state index contributed by atoms with van der Waals surface area (Å²) in [5.74, 6) is 0.681. The molecule has 0 saturated carbocycles. The van der Waals surface area contributed by atoms with Gasteiger partial charge >= 0.3 is 0 Å². The molecule has 136 valence electrons. The molecule has 1 aromatic carbocycles. The number of aromatic nitrogens is 1. The van der Waals surface area contributed by atoms with Crippen LogP contribution in [0.2, 0.25) is 0 Å². The topological polar surface area (TPSA) is 24.9 Å². The Kier molecular flexibility index (Phi) is 5.09. The second-order valence-electron chi connectivity index (χ2n) is 9.39. The minimum absolute atomic E-state index is 0.144. The van der Waals surface area contributed by atoms with Crippen LogP contribution in [0.1, 0.15) is 76.3 Å². The van der Waals surface area contributed by atoms with Crippen molar-refractivity contribution in [2.24, 2.45) is 0 Å². The Labute approximate surface area is 157 Å². The smallest absolute Gasteiger partial charge is 0.123 e. The Morgan fingerprint density at radius 1 is 0.920 bits per heavy atom. The highest BCUT2D eigenvalue weighted by atomic mass is 32.1. The third kappa shape index (κ3) is 4.32. The van der Waals surface area contributed by atoms with E-state index in [1.165, 1.54) is 39.4 Å². The molecule has 0 amide bonds. The molecule has 1 saturated heterocycles. The van der Waals surface area contributed by atoms with Crippen LogP contribution in [-0.2, 0) is 10.8 Å². The van der Waals surface area contributed by atoms with Crippen molar-refractivity contribution >= 4 is 11.3 Å². The summed E-state index contributed by atoms with van der Waals surface area (Å²) in [7, 11) is 0. The summed E-state index contributed by atoms with van der Waals surface area (Å²) in [6.45, 7) is 16.0. The summed E-state index contributed by atoms with van der Waals surface area (Å²) >= 11 is 1.89. The first kappa shape index (κ1) is 18.6. The van der Waals surface area contributed by atoms with Crippen LogP contribution in [0.25, 0.3) is 10.6 Å². The first-order chi connectivity index (χ1) is 11.6. The highest BCUT2D eigenvalue weighted by molar-refractivity contribution is 7.15. The highest BCUT2D eigenvalue weighted by Crippen LogP contribution is 2.37. The Hall–Kier alpha value is -1.19. The van der Waals surface area contributed by atoms with Gasteiger partial charge in [-0.05, 0) is 65.9 Å². The minimum Gasteiger partial charge on any atom is -0.317 e. The lowest BCUT2D eigenvalue weighted by atomic mass is 9.79. The van der Waals surface area contributed by atoms with Crippen molar-refractivity contribution in [3.8, 4) is 10.6 Å². The van der Waals surface area contributed by atoms with Gasteiger partial charge in [-0.2, -0.15) is 0 Å². The van der Waals surface area contributed by atoms with Gasteiger partial charge in [0, 0.05) is 16.6 Å². The van der Waals surface area contributed by atoms with Gasteiger partial charge in [0.05, 0.1) is 0 Å². The molecule has 3 heteroatoms. The van der Waals surface area contributed by atoms with Crippen LogP contribution in [0.3, 0.4) is 0 Å². The van der Waals surface area contributed by atoms with Gasteiger partial charge in [-0.3, -0.25) is 0 Å². The number of thiazole rings is 1. The zero-order chi connectivity index (χ0) is 18.2. The molecule has 0 spiro atoms. The predicted molar refractivity (Wildman–Crippen MR) is 110 cm³/mol. The van der Waals surface area contributed by atoms with Crippen LogP contribution in [0.15, 0.2) is 24.4 Å². The molecule has 3 rings (SSSR count). The fourth-order valence-corrected chi connectivity index (χ4v) is 4.40. The van der Waals surface area contributed by atoms with E-state index in [0.717, 1.165) is 13.1 Å². The van der Waals surface area contributed by atoms with E-state index in [2.05, 4.69) is 71.3 Å². The quantitative estimate of drug-likeness (QED) is 0.727. The molecule has 0 bridgehead atoms. The van der Waals surface area contributed by atoms with E-state index in [9.17, 15) is 0 Å². The lowest BCUT2D eigenvalue weighted by Gasteiger charge is -2.26. The van der Waals surface area contributed by atoms with E-state index in [4.69, 9.17) is 4.98 Å². The first-order valence-electron chi connectivity index (χ1n) is 9.47. The van der Waals surface area contributed by atoms with Crippen molar-refractivity contribution in [1.82, 2.24) is 10.3 Å². The lowest BCUT2D eigenvalue weighted by molar-refractivity contribution is 0.465. The molecule has 0 radical (unpaired) electrons. The molecule has 2 nitrogen and oxygen atoms in total. The van der Waals surface area contributed by atoms with Crippen molar-refractivity contribution in [3.63, 3.8) is 0 Å². The van der Waals surface area contributed by atoms with Crippen LogP contribution in [0.5, 0.6) is 0 Å². The maximum atomic E-state index is 4.81. The summed E-state index contributed by atoms with van der Waals surface area (Å²) in [5.41, 5.74) is 4.36. The molecule has 2 heterocycles. The van der Waals surface area contributed by atoms with E-state index in [1.54, 1.807) is 0 Å². The summed E-state index contributed by atoms with van der Waals surface area (Å²) in [5, 5.41) is 4.63. The monoisotopic (exact) mass is 356 g/mol. The summed E-state index contributed by atoms with van der Waals surface area (Å²) in [4.78, 5) is 6.26. The Bertz CT molecular complexity index is 693. The van der Waals surface area contributed by atoms with Gasteiger partial charge in [0.1, 0.15) is 5.01 Å². The fourth-order valence-electron chi connectivity index (χ4n) is 3.33. The van der Waals surface area contributed by atoms with Gasteiger partial charge < -0.3 is 5.32 Å². The maximum Gasteiger partial charge on any atom is 0.123 e. The van der Waals surface area contributed by atoms with Crippen LogP contribution in [0, 0.1) is 0 Å². The van der Waals surface area contributed by atoms with Crippen molar-refractivity contribution in [2.75, 3.05) is 13.1 Å². The second kappa shape index (κ2) is 6.85. The number of benzene rings is 1. The molecule has 1 aliphatic heterocycles. The van der Waals surface area contributed by atoms with Crippen molar-refractivity contribution in [3.05, 3.63) is 40.4 Å². The number of hydrogen-bond acceptors (Lipinski definition) is 3. The first-order valence-corrected chi connectivity index (χ1v) is 10.3. The second-order valence-corrected chi connectivity index (χ2v) is 10.5. The zero-order valence-corrected chi connectivity index (χ0v) is 17.4. The molecule has 1 N–H and O–H groups in total. The average Bonchev–Trinajstić information content (AvgIpc) is 3.04. The molecule has 0 atom stereocenters. The molecular formula is C22H32N2S. The average molecular weight is 357 g/mol. The summed E-state index contributed by atoms with van der Waals surface area (Å²) in [6, 6.07) is 7.07. The lowest BCUT2D eigenvalue weighted by Crippen LogP contribution is -2.26. The number of rotatable bonds is 2. The Morgan fingerprint density at radius 2 is 1.48 bits per heavy atom. The van der Waals surface area contributed by atoms with Gasteiger partial charge in [0.15, 0.2) is 0 Å². The van der Waals surface area contributed by atoms with E-state index >= 15 is 0 Å². The molecule has 25 heavy (non-hydrogen) atoms. The molecule has 1 fully saturated rings. The van der Waals surface area contributed by atoms with Crippen molar-refractivity contribution < 1.29 is 0 Å². The maximum absolute atomic E-state index is 4.81. The van der Waals surface area contributed by atoms with E-state index < -0.39 is 0 Å². The fraction of sp³-hybridized carbons (Fsp3) is 0.591. The molecule has 1 aliphatic rings. The van der Waals surface area contributed by atoms with E-state index in [1.807, 2.05) is 11.3 Å². The number of piperidine rings is 1. The van der Waals surface area contributed by atoms with Crippen molar-refractivity contribution in [1.29, 1.82) is 0 Å². The van der Waals surface area contributed by atoms with Crippen LogP contribution >= 0.6 is 11.3 Å². The largest absolute Gasteiger partial charge is 0.317 e. The highest BCUT2D eigenvalue weighted by Gasteiger charge is 2.23. The van der Waals surface area contributed by atoms with Crippen LogP contribution < -0.4 is 5.32 Å². The Morgan fingerprint density at radius 3 is 2.00 bits per heavy atom. The molecule has 1 aromatic heterocycles. The summed E-state index contributed by atoms with van der Waals surface area (Å²) in [6.07, 6.45) is 4.59. The number of hydrogen-bond donors (Lipinski definition) is 1. The van der Waals surface area contributed by atoms with Crippen LogP contribution in [-0.4, -0.2) is 18.1 Å². The number of nitrogens with one attached hydrogen (secondary N) is 1. The number of nitrogens with zero attached hydrogens (tertiary/aromatic N) is 1. The summed E-state index contributed by atoms with van der Waals surface area (Å²) < 4.78 is 0. The molecule has 2 aromatic rings. The zero-order valence-electron chi connectivity index (χ0n) is 16.6. The van der Waals surface area contributed by atoms with Gasteiger partial charge in [0.2, 0.25) is 0 Å². The molecule has 0 unspecified atom stereocenters. The molecule has 0 aliphatic carbocycles. The molecular weight excluding hydrogens is 324 g/mol. The standard InChI is InChI=1S/C22H32N2S/c1-21(2,3)17-11-16(12-18(13-17)22(4,5)6)20-24-14-19(25-20)15-7-9-23-10-8-15/h11-15,23H,7-10H2,1-6H3.